The van der Waals surface area contributed by atoms with E-state index in [4.69, 9.17) is 9.47 Å². The van der Waals surface area contributed by atoms with Gasteiger partial charge >= 0.3 is 0 Å². The van der Waals surface area contributed by atoms with Crippen LogP contribution in [0.4, 0.5) is 0 Å². The molecule has 0 aromatic heterocycles. The summed E-state index contributed by atoms with van der Waals surface area (Å²) < 4.78 is 11.8. The number of benzene rings is 2. The lowest BCUT2D eigenvalue weighted by Gasteiger charge is -2.08. The normalized spacial score (nSPS) is 11.7. The van der Waals surface area contributed by atoms with Crippen LogP contribution in [0.1, 0.15) is 230 Å². The second kappa shape index (κ2) is 46.6. The summed E-state index contributed by atoms with van der Waals surface area (Å²) in [7, 11) is 0. The fourth-order valence-corrected chi connectivity index (χ4v) is 8.47. The van der Waals surface area contributed by atoms with Gasteiger partial charge in [-0.25, -0.2) is 0 Å². The molecule has 0 fully saturated rings. The molecule has 384 valence electrons. The highest BCUT2D eigenvalue weighted by Crippen LogP contribution is 2.24. The Bertz CT molecular complexity index is 1330. The van der Waals surface area contributed by atoms with Crippen LogP contribution < -0.4 is 25.4 Å². The summed E-state index contributed by atoms with van der Waals surface area (Å²) in [5.74, 6) is 1.84. The lowest BCUT2D eigenvalue weighted by molar-refractivity contribution is 0.302. The lowest BCUT2D eigenvalue weighted by atomic mass is 10.0. The third kappa shape index (κ3) is 37.4. The Hall–Kier alpha value is -3.14. The number of rotatable bonds is 50. The van der Waals surface area contributed by atoms with Crippen molar-refractivity contribution in [3.63, 3.8) is 0 Å². The molecule has 0 heterocycles. The smallest absolute Gasteiger partial charge is 0.128 e. The maximum atomic E-state index is 10.5. The van der Waals surface area contributed by atoms with Crippen molar-refractivity contribution in [2.75, 3.05) is 65.6 Å². The number of ether oxygens (including phenoxy) is 2. The molecule has 0 spiro atoms. The van der Waals surface area contributed by atoms with Crippen LogP contribution in [0.3, 0.4) is 0 Å². The number of hydrogen-bond donors (Lipinski definition) is 5. The molecule has 0 saturated carbocycles. The van der Waals surface area contributed by atoms with Gasteiger partial charge in [0.1, 0.15) is 23.0 Å². The molecule has 0 aliphatic heterocycles. The average molecular weight is 934 g/mol. The minimum absolute atomic E-state index is 0.205. The van der Waals surface area contributed by atoms with Crippen LogP contribution in [0, 0.1) is 0 Å². The number of nitrogens with zero attached hydrogens (tertiary/aromatic N) is 2. The predicted molar refractivity (Wildman–Crippen MR) is 290 cm³/mol. The molecule has 0 aliphatic carbocycles. The molecule has 0 bridgehead atoms. The third-order valence-electron chi connectivity index (χ3n) is 12.8. The highest BCUT2D eigenvalue weighted by molar-refractivity contribution is 5.84. The van der Waals surface area contributed by atoms with Gasteiger partial charge in [-0.1, -0.05) is 206 Å². The molecule has 2 aromatic rings. The molecular weight excluding hydrogens is 831 g/mol. The molecule has 0 amide bonds. The Morgan fingerprint density at radius 2 is 0.642 bits per heavy atom. The molecule has 0 saturated heterocycles. The third-order valence-corrected chi connectivity index (χ3v) is 12.8. The Morgan fingerprint density at radius 1 is 0.373 bits per heavy atom. The lowest BCUT2D eigenvalue weighted by Crippen LogP contribution is -2.34. The first kappa shape index (κ1) is 60.0. The van der Waals surface area contributed by atoms with Crippen molar-refractivity contribution in [1.82, 2.24) is 16.0 Å². The van der Waals surface area contributed by atoms with Gasteiger partial charge in [0.15, 0.2) is 0 Å². The van der Waals surface area contributed by atoms with E-state index in [1.807, 2.05) is 24.3 Å². The van der Waals surface area contributed by atoms with Crippen LogP contribution in [0.25, 0.3) is 0 Å². The van der Waals surface area contributed by atoms with E-state index >= 15 is 0 Å². The SMILES string of the molecule is CCCCCCCCCCCCCCCCCCOc1ccc(C=NCCNCCNCCNCCN=Cc2ccc(OCCCCCCCCCCCCCCCCCC)cc2O)c(O)c1. The van der Waals surface area contributed by atoms with E-state index in [1.54, 1.807) is 24.6 Å². The first-order chi connectivity index (χ1) is 33.1. The van der Waals surface area contributed by atoms with E-state index in [2.05, 4.69) is 39.8 Å². The fourth-order valence-electron chi connectivity index (χ4n) is 8.47. The van der Waals surface area contributed by atoms with Gasteiger partial charge in [0.05, 0.1) is 26.3 Å². The molecule has 5 N–H and O–H groups in total. The molecule has 2 rings (SSSR count). The molecule has 0 atom stereocenters. The molecule has 2 aromatic carbocycles. The summed E-state index contributed by atoms with van der Waals surface area (Å²) in [4.78, 5) is 8.96. The second-order valence-corrected chi connectivity index (χ2v) is 19.1. The Labute approximate surface area is 412 Å². The Balaban J connectivity index is 1.34. The average Bonchev–Trinajstić information content (AvgIpc) is 3.33. The molecule has 0 radical (unpaired) electrons. The van der Waals surface area contributed by atoms with Crippen LogP contribution in [0.15, 0.2) is 46.4 Å². The van der Waals surface area contributed by atoms with Crippen LogP contribution in [0.5, 0.6) is 23.0 Å². The number of hydrogen-bond acceptors (Lipinski definition) is 9. The minimum atomic E-state index is 0.205. The number of aliphatic imine (C=N–C) groups is 2. The summed E-state index contributed by atoms with van der Waals surface area (Å²) >= 11 is 0. The van der Waals surface area contributed by atoms with Gasteiger partial charge in [-0.15, -0.1) is 0 Å². The van der Waals surface area contributed by atoms with E-state index in [0.717, 1.165) is 52.1 Å². The van der Waals surface area contributed by atoms with E-state index < -0.39 is 0 Å². The van der Waals surface area contributed by atoms with Crippen molar-refractivity contribution in [2.24, 2.45) is 9.98 Å². The molecule has 67 heavy (non-hydrogen) atoms. The summed E-state index contributed by atoms with van der Waals surface area (Å²) in [6.45, 7) is 12.3. The summed E-state index contributed by atoms with van der Waals surface area (Å²) in [5.41, 5.74) is 1.42. The van der Waals surface area contributed by atoms with Gasteiger partial charge < -0.3 is 35.6 Å². The fraction of sp³-hybridized carbons (Fsp3) is 0.759. The van der Waals surface area contributed by atoms with Gasteiger partial charge in [0.2, 0.25) is 0 Å². The summed E-state index contributed by atoms with van der Waals surface area (Å²) in [6, 6.07) is 11.0. The number of phenolic OH excluding ortho intramolecular Hbond substituents is 2. The van der Waals surface area contributed by atoms with Gasteiger partial charge in [0, 0.05) is 75.0 Å². The Kier molecular flexibility index (Phi) is 41.7. The van der Waals surface area contributed by atoms with Crippen molar-refractivity contribution < 1.29 is 19.7 Å². The largest absolute Gasteiger partial charge is 0.507 e. The van der Waals surface area contributed by atoms with E-state index in [0.29, 0.717) is 48.9 Å². The molecule has 0 aliphatic rings. The number of phenols is 2. The first-order valence-corrected chi connectivity index (χ1v) is 28.2. The molecule has 9 nitrogen and oxygen atoms in total. The highest BCUT2D eigenvalue weighted by atomic mass is 16.5. The zero-order valence-electron chi connectivity index (χ0n) is 43.4. The van der Waals surface area contributed by atoms with Crippen molar-refractivity contribution >= 4 is 12.4 Å². The highest BCUT2D eigenvalue weighted by Gasteiger charge is 2.04. The zero-order valence-corrected chi connectivity index (χ0v) is 43.4. The van der Waals surface area contributed by atoms with Crippen molar-refractivity contribution in [2.45, 2.75) is 219 Å². The number of aromatic hydroxyl groups is 2. The zero-order chi connectivity index (χ0) is 47.8. The topological polar surface area (TPSA) is 120 Å². The Morgan fingerprint density at radius 3 is 0.925 bits per heavy atom. The van der Waals surface area contributed by atoms with Crippen molar-refractivity contribution in [1.29, 1.82) is 0 Å². The number of nitrogens with one attached hydrogen (secondary N) is 3. The van der Waals surface area contributed by atoms with Crippen LogP contribution in [0.2, 0.25) is 0 Å². The summed E-state index contributed by atoms with van der Waals surface area (Å²) in [5, 5.41) is 31.2. The minimum Gasteiger partial charge on any atom is -0.507 e. The van der Waals surface area contributed by atoms with Gasteiger partial charge in [-0.3, -0.25) is 9.98 Å². The van der Waals surface area contributed by atoms with Crippen LogP contribution in [-0.4, -0.2) is 88.2 Å². The van der Waals surface area contributed by atoms with Crippen LogP contribution in [-0.2, 0) is 0 Å². The quantitative estimate of drug-likeness (QED) is 0.0331. The van der Waals surface area contributed by atoms with Gasteiger partial charge in [-0.05, 0) is 37.1 Å². The number of unbranched alkanes of at least 4 members (excludes halogenated alkanes) is 30. The van der Waals surface area contributed by atoms with E-state index in [1.165, 1.54) is 193 Å². The van der Waals surface area contributed by atoms with Crippen molar-refractivity contribution in [3.05, 3.63) is 47.5 Å². The van der Waals surface area contributed by atoms with E-state index in [9.17, 15) is 10.2 Å². The maximum Gasteiger partial charge on any atom is 0.128 e. The van der Waals surface area contributed by atoms with Crippen molar-refractivity contribution in [3.8, 4) is 23.0 Å². The van der Waals surface area contributed by atoms with Gasteiger partial charge in [-0.2, -0.15) is 0 Å². The molecular formula is C58H103N5O4. The predicted octanol–water partition coefficient (Wildman–Crippen LogP) is 14.7. The van der Waals surface area contributed by atoms with Gasteiger partial charge in [0.25, 0.3) is 0 Å². The van der Waals surface area contributed by atoms with E-state index in [-0.39, 0.29) is 11.5 Å². The monoisotopic (exact) mass is 934 g/mol. The molecule has 0 unspecified atom stereocenters. The first-order valence-electron chi connectivity index (χ1n) is 28.2. The standard InChI is InChI=1S/C58H103N5O4/c1-3-5-7-9-11-13-15-17-19-21-23-25-27-29-31-33-47-66-55-37-35-53(57(64)49-55)51-62-45-43-60-41-39-59-40-42-61-44-46-63-52-54-36-38-56(50-58(54)65)67-48-34-32-30-28-26-24-22-20-18-16-14-12-10-8-6-4-2/h35-38,49-52,59-61,64-65H,3-34,39-48H2,1-2H3. The van der Waals surface area contributed by atoms with Crippen LogP contribution >= 0.6 is 0 Å². The molecule has 9 heteroatoms. The maximum absolute atomic E-state index is 10.5. The second-order valence-electron chi connectivity index (χ2n) is 19.1. The summed E-state index contributed by atoms with van der Waals surface area (Å²) in [6.07, 6.45) is 47.0.